The second kappa shape index (κ2) is 9.17. The van der Waals surface area contributed by atoms with Gasteiger partial charge in [0.2, 0.25) is 0 Å². The number of carboxylic acids is 1. The molecule has 0 bridgehead atoms. The van der Waals surface area contributed by atoms with Gasteiger partial charge in [0.05, 0.1) is 28.8 Å². The number of benzene rings is 2. The maximum absolute atomic E-state index is 12.7. The van der Waals surface area contributed by atoms with Crippen LogP contribution in [0.15, 0.2) is 75.0 Å². The molecule has 1 N–H and O–H groups in total. The van der Waals surface area contributed by atoms with Crippen LogP contribution in [0.25, 0.3) is 17.4 Å². The van der Waals surface area contributed by atoms with E-state index in [1.54, 1.807) is 67.7 Å². The van der Waals surface area contributed by atoms with Crippen LogP contribution in [0, 0.1) is 0 Å². The van der Waals surface area contributed by atoms with Crippen LogP contribution >= 0.6 is 11.8 Å². The molecule has 1 amide bonds. The number of nitrogens with zero attached hydrogens (tertiary/aromatic N) is 2. The number of methoxy groups -OCH3 is 1. The van der Waals surface area contributed by atoms with E-state index >= 15 is 0 Å². The van der Waals surface area contributed by atoms with Crippen molar-refractivity contribution in [3.8, 4) is 11.3 Å². The van der Waals surface area contributed by atoms with Crippen molar-refractivity contribution in [1.82, 2.24) is 4.90 Å². The van der Waals surface area contributed by atoms with Gasteiger partial charge in [-0.2, -0.15) is 0 Å². The van der Waals surface area contributed by atoms with Crippen molar-refractivity contribution in [2.45, 2.75) is 0 Å². The molecule has 0 unspecified atom stereocenters. The van der Waals surface area contributed by atoms with Crippen LogP contribution in [0.2, 0.25) is 0 Å². The SMILES string of the molecule is COC(=O)c1ccc(N=C2S/C(=C/c3ccc(-c4ccccc4C(=O)O)o3)C(=O)N2C)cc1. The van der Waals surface area contributed by atoms with Crippen LogP contribution in [0.4, 0.5) is 5.69 Å². The van der Waals surface area contributed by atoms with E-state index in [1.807, 2.05) is 0 Å². The minimum atomic E-state index is -1.05. The molecule has 2 heterocycles. The zero-order valence-corrected chi connectivity index (χ0v) is 18.5. The standard InChI is InChI=1S/C24H18N2O6S/c1-26-21(27)20(33-24(26)25-15-9-7-14(8-10-15)23(30)31-2)13-16-11-12-19(32-16)17-5-3-4-6-18(17)22(28)29/h3-13H,1-2H3,(H,28,29)/b20-13+,25-24?. The topological polar surface area (TPSA) is 109 Å². The summed E-state index contributed by atoms with van der Waals surface area (Å²) in [7, 11) is 2.93. The largest absolute Gasteiger partial charge is 0.478 e. The fourth-order valence-corrected chi connectivity index (χ4v) is 4.11. The van der Waals surface area contributed by atoms with E-state index in [0.717, 1.165) is 0 Å². The first-order valence-corrected chi connectivity index (χ1v) is 10.6. The van der Waals surface area contributed by atoms with Crippen LogP contribution in [-0.2, 0) is 9.53 Å². The van der Waals surface area contributed by atoms with Crippen molar-refractivity contribution >= 4 is 46.5 Å². The van der Waals surface area contributed by atoms with Crippen molar-refractivity contribution in [3.05, 3.63) is 82.5 Å². The number of carbonyl (C=O) groups excluding carboxylic acids is 2. The molecule has 166 valence electrons. The number of hydrogen-bond acceptors (Lipinski definition) is 7. The van der Waals surface area contributed by atoms with Crippen LogP contribution in [0.1, 0.15) is 26.5 Å². The van der Waals surface area contributed by atoms with Gasteiger partial charge in [-0.05, 0) is 54.2 Å². The highest BCUT2D eigenvalue weighted by Crippen LogP contribution is 2.34. The van der Waals surface area contributed by atoms with Crippen LogP contribution < -0.4 is 0 Å². The lowest BCUT2D eigenvalue weighted by atomic mass is 10.1. The van der Waals surface area contributed by atoms with Gasteiger partial charge in [-0.15, -0.1) is 0 Å². The predicted octanol–water partition coefficient (Wildman–Crippen LogP) is 4.67. The van der Waals surface area contributed by atoms with Crippen molar-refractivity contribution < 1.29 is 28.6 Å². The molecular formula is C24H18N2O6S. The fraction of sp³-hybridized carbons (Fsp3) is 0.0833. The van der Waals surface area contributed by atoms with E-state index in [4.69, 9.17) is 4.42 Å². The molecular weight excluding hydrogens is 444 g/mol. The maximum atomic E-state index is 12.7. The number of aliphatic imine (C=N–C) groups is 1. The van der Waals surface area contributed by atoms with Crippen molar-refractivity contribution in [2.24, 2.45) is 4.99 Å². The quantitative estimate of drug-likeness (QED) is 0.434. The molecule has 0 saturated carbocycles. The molecule has 33 heavy (non-hydrogen) atoms. The summed E-state index contributed by atoms with van der Waals surface area (Å²) in [6.45, 7) is 0. The number of hydrogen-bond donors (Lipinski definition) is 1. The third-order valence-corrected chi connectivity index (χ3v) is 5.90. The predicted molar refractivity (Wildman–Crippen MR) is 124 cm³/mol. The Kier molecular flexibility index (Phi) is 6.14. The smallest absolute Gasteiger partial charge is 0.337 e. The number of aromatic carboxylic acids is 1. The normalized spacial score (nSPS) is 15.9. The van der Waals surface area contributed by atoms with Gasteiger partial charge in [0.25, 0.3) is 5.91 Å². The molecule has 1 aliphatic heterocycles. The summed E-state index contributed by atoms with van der Waals surface area (Å²) >= 11 is 1.19. The van der Waals surface area contributed by atoms with Crippen LogP contribution in [0.3, 0.4) is 0 Å². The number of furan rings is 1. The molecule has 0 radical (unpaired) electrons. The number of esters is 1. The molecule has 3 aromatic rings. The van der Waals surface area contributed by atoms with E-state index in [1.165, 1.54) is 29.8 Å². The van der Waals surface area contributed by atoms with Gasteiger partial charge < -0.3 is 14.3 Å². The maximum Gasteiger partial charge on any atom is 0.337 e. The van der Waals surface area contributed by atoms with Gasteiger partial charge in [-0.25, -0.2) is 14.6 Å². The van der Waals surface area contributed by atoms with Gasteiger partial charge in [-0.1, -0.05) is 18.2 Å². The molecule has 0 spiro atoms. The number of rotatable bonds is 5. The summed E-state index contributed by atoms with van der Waals surface area (Å²) in [5.41, 5.74) is 1.57. The second-order valence-electron chi connectivity index (χ2n) is 6.96. The van der Waals surface area contributed by atoms with Gasteiger partial charge >= 0.3 is 11.9 Å². The molecule has 1 saturated heterocycles. The number of likely N-dealkylation sites (N-methyl/N-ethyl adjacent to an activating group) is 1. The molecule has 1 aliphatic rings. The molecule has 0 atom stereocenters. The number of thioether (sulfide) groups is 1. The number of carboxylic acid groups (broad SMARTS) is 1. The highest BCUT2D eigenvalue weighted by atomic mass is 32.2. The summed E-state index contributed by atoms with van der Waals surface area (Å²) in [6.07, 6.45) is 1.60. The molecule has 2 aromatic carbocycles. The molecule has 0 aliphatic carbocycles. The first kappa shape index (κ1) is 22.1. The molecule has 1 aromatic heterocycles. The van der Waals surface area contributed by atoms with Crippen LogP contribution in [-0.4, -0.2) is 47.2 Å². The molecule has 4 rings (SSSR count). The zero-order valence-electron chi connectivity index (χ0n) is 17.6. The van der Waals surface area contributed by atoms with E-state index in [2.05, 4.69) is 9.73 Å². The highest BCUT2D eigenvalue weighted by Gasteiger charge is 2.30. The third-order valence-electron chi connectivity index (χ3n) is 4.84. The van der Waals surface area contributed by atoms with Gasteiger partial charge in [-0.3, -0.25) is 9.69 Å². The Morgan fingerprint density at radius 2 is 1.82 bits per heavy atom. The van der Waals surface area contributed by atoms with Gasteiger partial charge in [0.1, 0.15) is 11.5 Å². The average Bonchev–Trinajstić information content (AvgIpc) is 3.39. The Labute approximate surface area is 193 Å². The summed E-state index contributed by atoms with van der Waals surface area (Å²) in [6, 6.07) is 16.4. The van der Waals surface area contributed by atoms with E-state index in [9.17, 15) is 19.5 Å². The van der Waals surface area contributed by atoms with E-state index in [0.29, 0.717) is 38.4 Å². The average molecular weight is 462 g/mol. The lowest BCUT2D eigenvalue weighted by Gasteiger charge is -2.07. The summed E-state index contributed by atoms with van der Waals surface area (Å²) < 4.78 is 10.5. The lowest BCUT2D eigenvalue weighted by molar-refractivity contribution is -0.121. The third kappa shape index (κ3) is 4.58. The Bertz CT molecular complexity index is 1310. The number of ether oxygens (including phenoxy) is 1. The minimum absolute atomic E-state index is 0.129. The number of carbonyl (C=O) groups is 3. The summed E-state index contributed by atoms with van der Waals surface area (Å²) in [4.78, 5) is 42.0. The highest BCUT2D eigenvalue weighted by molar-refractivity contribution is 8.18. The number of amides is 1. The first-order valence-electron chi connectivity index (χ1n) is 9.74. The Balaban J connectivity index is 1.57. The second-order valence-corrected chi connectivity index (χ2v) is 7.97. The van der Waals surface area contributed by atoms with Gasteiger partial charge in [0.15, 0.2) is 5.17 Å². The minimum Gasteiger partial charge on any atom is -0.478 e. The van der Waals surface area contributed by atoms with Crippen molar-refractivity contribution in [3.63, 3.8) is 0 Å². The van der Waals surface area contributed by atoms with E-state index < -0.39 is 11.9 Å². The van der Waals surface area contributed by atoms with Crippen molar-refractivity contribution in [1.29, 1.82) is 0 Å². The Hall–Kier alpha value is -4.11. The summed E-state index contributed by atoms with van der Waals surface area (Å²) in [5.74, 6) is -0.925. The monoisotopic (exact) mass is 462 g/mol. The van der Waals surface area contributed by atoms with E-state index in [-0.39, 0.29) is 11.5 Å². The lowest BCUT2D eigenvalue weighted by Crippen LogP contribution is -2.23. The Morgan fingerprint density at radius 3 is 2.52 bits per heavy atom. The van der Waals surface area contributed by atoms with Crippen LogP contribution in [0.5, 0.6) is 0 Å². The summed E-state index contributed by atoms with van der Waals surface area (Å²) in [5, 5.41) is 9.86. The molecule has 8 nitrogen and oxygen atoms in total. The van der Waals surface area contributed by atoms with Gasteiger partial charge in [0, 0.05) is 18.7 Å². The van der Waals surface area contributed by atoms with Crippen molar-refractivity contribution in [2.75, 3.05) is 14.2 Å². The number of amidine groups is 1. The first-order chi connectivity index (χ1) is 15.9. The Morgan fingerprint density at radius 1 is 1.09 bits per heavy atom. The fourth-order valence-electron chi connectivity index (χ4n) is 3.14. The zero-order chi connectivity index (χ0) is 23.5. The molecule has 9 heteroatoms. The molecule has 1 fully saturated rings.